The number of benzene rings is 1. The van der Waals surface area contributed by atoms with E-state index >= 15 is 0 Å². The highest BCUT2D eigenvalue weighted by Gasteiger charge is 2.03. The SMILES string of the molecule is C=C/C=C(\N=C)NCc1ccc([N+](=O)[O-])cc1. The molecule has 5 heteroatoms. The molecule has 0 aliphatic rings. The summed E-state index contributed by atoms with van der Waals surface area (Å²) in [6, 6.07) is 6.32. The Bertz CT molecular complexity index is 449. The van der Waals surface area contributed by atoms with Gasteiger partial charge in [0.2, 0.25) is 0 Å². The van der Waals surface area contributed by atoms with Crippen molar-refractivity contribution < 1.29 is 4.92 Å². The predicted molar refractivity (Wildman–Crippen MR) is 67.8 cm³/mol. The van der Waals surface area contributed by atoms with E-state index in [1.165, 1.54) is 12.1 Å². The third-order valence-electron chi connectivity index (χ3n) is 2.07. The average molecular weight is 231 g/mol. The maximum absolute atomic E-state index is 10.5. The number of hydrogen-bond acceptors (Lipinski definition) is 4. The minimum atomic E-state index is -0.425. The molecule has 88 valence electrons. The lowest BCUT2D eigenvalue weighted by Crippen LogP contribution is -2.10. The number of nitro groups is 1. The topological polar surface area (TPSA) is 67.5 Å². The molecule has 1 aromatic rings. The molecule has 0 aliphatic heterocycles. The second-order valence-electron chi connectivity index (χ2n) is 3.22. The molecule has 1 aromatic carbocycles. The minimum absolute atomic E-state index is 0.0810. The molecule has 17 heavy (non-hydrogen) atoms. The van der Waals surface area contributed by atoms with Crippen LogP contribution in [0.1, 0.15) is 5.56 Å². The Kier molecular flexibility index (Phi) is 4.62. The molecule has 0 bridgehead atoms. The lowest BCUT2D eigenvalue weighted by atomic mass is 10.2. The van der Waals surface area contributed by atoms with Crippen LogP contribution in [0.25, 0.3) is 0 Å². The van der Waals surface area contributed by atoms with Gasteiger partial charge in [0, 0.05) is 18.7 Å². The highest BCUT2D eigenvalue weighted by Crippen LogP contribution is 2.11. The minimum Gasteiger partial charge on any atom is -0.366 e. The first-order valence-electron chi connectivity index (χ1n) is 4.94. The first-order valence-corrected chi connectivity index (χ1v) is 4.94. The molecule has 0 spiro atoms. The van der Waals surface area contributed by atoms with E-state index in [-0.39, 0.29) is 5.69 Å². The number of rotatable bonds is 6. The highest BCUT2D eigenvalue weighted by atomic mass is 16.6. The number of allylic oxidation sites excluding steroid dienone is 2. The molecule has 1 rings (SSSR count). The van der Waals surface area contributed by atoms with Gasteiger partial charge in [0.1, 0.15) is 5.82 Å². The Labute approximate surface area is 99.3 Å². The number of nitrogens with one attached hydrogen (secondary N) is 1. The standard InChI is InChI=1S/C12H13N3O2/c1-3-4-12(13-2)14-9-10-5-7-11(8-6-10)15(16)17/h3-8,14H,1-2,9H2/b12-4+. The van der Waals surface area contributed by atoms with E-state index < -0.39 is 4.92 Å². The number of hydrogen-bond donors (Lipinski definition) is 1. The zero-order valence-electron chi connectivity index (χ0n) is 9.30. The van der Waals surface area contributed by atoms with Crippen molar-refractivity contribution in [3.63, 3.8) is 0 Å². The van der Waals surface area contributed by atoms with E-state index in [1.807, 2.05) is 0 Å². The molecule has 0 fully saturated rings. The van der Waals surface area contributed by atoms with Gasteiger partial charge in [-0.05, 0) is 18.4 Å². The fraction of sp³-hybridized carbons (Fsp3) is 0.0833. The van der Waals surface area contributed by atoms with Gasteiger partial charge in [-0.3, -0.25) is 10.1 Å². The largest absolute Gasteiger partial charge is 0.366 e. The van der Waals surface area contributed by atoms with Gasteiger partial charge in [-0.25, -0.2) is 4.99 Å². The Morgan fingerprint density at radius 1 is 1.47 bits per heavy atom. The van der Waals surface area contributed by atoms with Gasteiger partial charge in [-0.15, -0.1) is 0 Å². The van der Waals surface area contributed by atoms with Crippen LogP contribution >= 0.6 is 0 Å². The Morgan fingerprint density at radius 3 is 2.59 bits per heavy atom. The molecule has 0 unspecified atom stereocenters. The summed E-state index contributed by atoms with van der Waals surface area (Å²) in [5.74, 6) is 0.610. The van der Waals surface area contributed by atoms with Gasteiger partial charge in [0.25, 0.3) is 5.69 Å². The smallest absolute Gasteiger partial charge is 0.269 e. The number of aliphatic imine (C=N–C) groups is 1. The van der Waals surface area contributed by atoms with Crippen LogP contribution in [0.5, 0.6) is 0 Å². The summed E-state index contributed by atoms with van der Waals surface area (Å²) in [5.41, 5.74) is 1.01. The van der Waals surface area contributed by atoms with Crippen LogP contribution in [-0.2, 0) is 6.54 Å². The molecule has 0 heterocycles. The maximum atomic E-state index is 10.5. The van der Waals surface area contributed by atoms with Gasteiger partial charge >= 0.3 is 0 Å². The van der Waals surface area contributed by atoms with E-state index in [0.717, 1.165) is 5.56 Å². The highest BCUT2D eigenvalue weighted by molar-refractivity contribution is 5.33. The van der Waals surface area contributed by atoms with Crippen LogP contribution in [0, 0.1) is 10.1 Å². The number of nitro benzene ring substituents is 1. The van der Waals surface area contributed by atoms with Crippen LogP contribution < -0.4 is 5.32 Å². The second kappa shape index (κ2) is 6.22. The van der Waals surface area contributed by atoms with Crippen molar-refractivity contribution >= 4 is 12.4 Å². The van der Waals surface area contributed by atoms with Gasteiger partial charge in [-0.2, -0.15) is 0 Å². The number of nitrogens with zero attached hydrogens (tertiary/aromatic N) is 2. The summed E-state index contributed by atoms with van der Waals surface area (Å²) >= 11 is 0. The Hall–Kier alpha value is -2.43. The molecular formula is C12H13N3O2. The third-order valence-corrected chi connectivity index (χ3v) is 2.07. The maximum Gasteiger partial charge on any atom is 0.269 e. The van der Waals surface area contributed by atoms with Crippen molar-refractivity contribution in [3.05, 3.63) is 64.5 Å². The molecule has 0 saturated heterocycles. The normalized spacial score (nSPS) is 10.7. The molecule has 0 aliphatic carbocycles. The second-order valence-corrected chi connectivity index (χ2v) is 3.22. The van der Waals surface area contributed by atoms with Gasteiger partial charge in [0.05, 0.1) is 4.92 Å². The molecule has 0 radical (unpaired) electrons. The first-order chi connectivity index (χ1) is 8.17. The van der Waals surface area contributed by atoms with Crippen LogP contribution in [0.3, 0.4) is 0 Å². The monoisotopic (exact) mass is 231 g/mol. The van der Waals surface area contributed by atoms with Crippen LogP contribution in [0.15, 0.2) is 53.8 Å². The fourth-order valence-electron chi connectivity index (χ4n) is 1.21. The lowest BCUT2D eigenvalue weighted by molar-refractivity contribution is -0.384. The van der Waals surface area contributed by atoms with Crippen molar-refractivity contribution in [3.8, 4) is 0 Å². The summed E-state index contributed by atoms with van der Waals surface area (Å²) in [5, 5.41) is 13.5. The summed E-state index contributed by atoms with van der Waals surface area (Å²) in [7, 11) is 0. The first kappa shape index (κ1) is 12.6. The van der Waals surface area contributed by atoms with Gasteiger partial charge in [0.15, 0.2) is 0 Å². The summed E-state index contributed by atoms with van der Waals surface area (Å²) in [6.45, 7) is 7.49. The van der Waals surface area contributed by atoms with Crippen molar-refractivity contribution in [2.75, 3.05) is 0 Å². The average Bonchev–Trinajstić information content (AvgIpc) is 2.35. The van der Waals surface area contributed by atoms with Crippen molar-refractivity contribution in [1.82, 2.24) is 5.32 Å². The van der Waals surface area contributed by atoms with Crippen LogP contribution in [0.2, 0.25) is 0 Å². The molecule has 5 nitrogen and oxygen atoms in total. The van der Waals surface area contributed by atoms with Gasteiger partial charge < -0.3 is 5.32 Å². The quantitative estimate of drug-likeness (QED) is 0.354. The molecular weight excluding hydrogens is 218 g/mol. The molecule has 0 aromatic heterocycles. The van der Waals surface area contributed by atoms with E-state index in [1.54, 1.807) is 24.3 Å². The molecule has 0 amide bonds. The predicted octanol–water partition coefficient (Wildman–Crippen LogP) is 2.41. The van der Waals surface area contributed by atoms with Gasteiger partial charge in [-0.1, -0.05) is 24.8 Å². The zero-order valence-corrected chi connectivity index (χ0v) is 9.30. The van der Waals surface area contributed by atoms with E-state index in [4.69, 9.17) is 0 Å². The fourth-order valence-corrected chi connectivity index (χ4v) is 1.21. The van der Waals surface area contributed by atoms with Crippen molar-refractivity contribution in [2.45, 2.75) is 6.54 Å². The molecule has 1 N–H and O–H groups in total. The van der Waals surface area contributed by atoms with Crippen molar-refractivity contribution in [2.24, 2.45) is 4.99 Å². The van der Waals surface area contributed by atoms with Crippen molar-refractivity contribution in [1.29, 1.82) is 0 Å². The Morgan fingerprint density at radius 2 is 2.12 bits per heavy atom. The summed E-state index contributed by atoms with van der Waals surface area (Å²) < 4.78 is 0. The Balaban J connectivity index is 2.64. The summed E-state index contributed by atoms with van der Waals surface area (Å²) in [6.07, 6.45) is 3.30. The third kappa shape index (κ3) is 3.90. The van der Waals surface area contributed by atoms with Crippen LogP contribution in [0.4, 0.5) is 5.69 Å². The van der Waals surface area contributed by atoms with E-state index in [9.17, 15) is 10.1 Å². The van der Waals surface area contributed by atoms with E-state index in [2.05, 4.69) is 23.6 Å². The lowest BCUT2D eigenvalue weighted by Gasteiger charge is -2.05. The molecule has 0 atom stereocenters. The molecule has 0 saturated carbocycles. The zero-order chi connectivity index (χ0) is 12.7. The van der Waals surface area contributed by atoms with Crippen LogP contribution in [-0.4, -0.2) is 11.6 Å². The summed E-state index contributed by atoms with van der Waals surface area (Å²) in [4.78, 5) is 13.8. The van der Waals surface area contributed by atoms with E-state index in [0.29, 0.717) is 12.4 Å². The number of non-ortho nitro benzene ring substituents is 1.